The smallest absolute Gasteiger partial charge is 0.243 e. The van der Waals surface area contributed by atoms with E-state index in [4.69, 9.17) is 0 Å². The summed E-state index contributed by atoms with van der Waals surface area (Å²) >= 11 is 0. The Kier molecular flexibility index (Phi) is 5.76. The van der Waals surface area contributed by atoms with Crippen LogP contribution < -0.4 is 4.31 Å². The van der Waals surface area contributed by atoms with Gasteiger partial charge >= 0.3 is 0 Å². The monoisotopic (exact) mass is 361 g/mol. The molecule has 9 heteroatoms. The average molecular weight is 361 g/mol. The lowest BCUT2D eigenvalue weighted by atomic mass is 10.2. The largest absolute Gasteiger partial charge is 0.339 e. The highest BCUT2D eigenvalue weighted by molar-refractivity contribution is 7.92. The summed E-state index contributed by atoms with van der Waals surface area (Å²) in [5.74, 6) is -2.52. The molecule has 1 saturated heterocycles. The molecule has 0 aliphatic carbocycles. The minimum atomic E-state index is -4.02. The van der Waals surface area contributed by atoms with Crippen molar-refractivity contribution in [1.82, 2.24) is 9.80 Å². The molecule has 1 aromatic carbocycles. The van der Waals surface area contributed by atoms with Crippen molar-refractivity contribution < 1.29 is 22.0 Å². The summed E-state index contributed by atoms with van der Waals surface area (Å²) in [5.41, 5.74) is -0.722. The fourth-order valence-corrected chi connectivity index (χ4v) is 3.48. The number of rotatable bonds is 5. The molecular weight excluding hydrogens is 340 g/mol. The van der Waals surface area contributed by atoms with Crippen LogP contribution in [0.5, 0.6) is 0 Å². The quantitative estimate of drug-likeness (QED) is 0.782. The van der Waals surface area contributed by atoms with Crippen LogP contribution in [-0.2, 0) is 14.8 Å². The summed E-state index contributed by atoms with van der Waals surface area (Å²) in [6.07, 6.45) is 0.821. The van der Waals surface area contributed by atoms with Gasteiger partial charge in [-0.2, -0.15) is 0 Å². The Morgan fingerprint density at radius 3 is 2.17 bits per heavy atom. The van der Waals surface area contributed by atoms with Crippen LogP contribution in [0.15, 0.2) is 18.2 Å². The van der Waals surface area contributed by atoms with Crippen molar-refractivity contribution in [2.45, 2.75) is 6.92 Å². The second-order valence-corrected chi connectivity index (χ2v) is 7.56. The van der Waals surface area contributed by atoms with Gasteiger partial charge < -0.3 is 9.80 Å². The Morgan fingerprint density at radius 1 is 1.17 bits per heavy atom. The minimum absolute atomic E-state index is 0.462. The molecule has 0 spiro atoms. The number of hydrogen-bond donors (Lipinski definition) is 0. The lowest BCUT2D eigenvalue weighted by Gasteiger charge is -2.35. The molecule has 0 saturated carbocycles. The Balaban J connectivity index is 2.21. The molecule has 1 amide bonds. The van der Waals surface area contributed by atoms with Gasteiger partial charge in [0.25, 0.3) is 0 Å². The molecule has 1 fully saturated rings. The molecule has 2 rings (SSSR count). The third-order valence-electron chi connectivity index (χ3n) is 4.04. The number of piperazine rings is 1. The predicted molar refractivity (Wildman–Crippen MR) is 87.2 cm³/mol. The zero-order chi connectivity index (χ0) is 17.9. The van der Waals surface area contributed by atoms with E-state index < -0.39 is 39.8 Å². The maximum Gasteiger partial charge on any atom is 0.243 e. The maximum atomic E-state index is 13.9. The standard InChI is InChI=1S/C15H21F2N3O3S/c1-3-18-7-9-19(10-8-18)14(21)11-20(24(2,22)23)15-12(16)5-4-6-13(15)17/h4-6H,3,7-11H2,1-2H3. The topological polar surface area (TPSA) is 60.9 Å². The molecule has 134 valence electrons. The predicted octanol–water partition coefficient (Wildman–Crippen LogP) is 0.895. The van der Waals surface area contributed by atoms with Crippen molar-refractivity contribution in [3.05, 3.63) is 29.8 Å². The number of likely N-dealkylation sites (N-methyl/N-ethyl adjacent to an activating group) is 1. The first-order valence-corrected chi connectivity index (χ1v) is 9.50. The van der Waals surface area contributed by atoms with E-state index in [2.05, 4.69) is 4.90 Å². The van der Waals surface area contributed by atoms with Crippen LogP contribution >= 0.6 is 0 Å². The number of hydrogen-bond acceptors (Lipinski definition) is 4. The molecule has 1 heterocycles. The van der Waals surface area contributed by atoms with E-state index in [-0.39, 0.29) is 0 Å². The Bertz CT molecular complexity index is 684. The van der Waals surface area contributed by atoms with Gasteiger partial charge in [-0.15, -0.1) is 0 Å². The van der Waals surface area contributed by atoms with Gasteiger partial charge in [-0.05, 0) is 18.7 Å². The van der Waals surface area contributed by atoms with Crippen molar-refractivity contribution in [3.63, 3.8) is 0 Å². The van der Waals surface area contributed by atoms with Gasteiger partial charge in [0.05, 0.1) is 6.26 Å². The van der Waals surface area contributed by atoms with E-state index in [9.17, 15) is 22.0 Å². The molecule has 0 radical (unpaired) electrons. The van der Waals surface area contributed by atoms with Crippen molar-refractivity contribution >= 4 is 21.6 Å². The summed E-state index contributed by atoms with van der Waals surface area (Å²) in [7, 11) is -4.02. The van der Waals surface area contributed by atoms with Gasteiger partial charge in [-0.1, -0.05) is 13.0 Å². The lowest BCUT2D eigenvalue weighted by Crippen LogP contribution is -2.51. The normalized spacial score (nSPS) is 16.2. The SMILES string of the molecule is CCN1CCN(C(=O)CN(c2c(F)cccc2F)S(C)(=O)=O)CC1. The van der Waals surface area contributed by atoms with E-state index in [1.807, 2.05) is 6.92 Å². The van der Waals surface area contributed by atoms with E-state index in [0.717, 1.165) is 31.0 Å². The Hall–Kier alpha value is -1.74. The summed E-state index contributed by atoms with van der Waals surface area (Å²) < 4.78 is 52.3. The molecule has 24 heavy (non-hydrogen) atoms. The van der Waals surface area contributed by atoms with E-state index in [1.165, 1.54) is 4.90 Å². The summed E-state index contributed by atoms with van der Waals surface area (Å²) in [6, 6.07) is 3.06. The van der Waals surface area contributed by atoms with Gasteiger partial charge in [0.15, 0.2) is 11.6 Å². The fourth-order valence-electron chi connectivity index (χ4n) is 2.63. The molecule has 6 nitrogen and oxygen atoms in total. The number of anilines is 1. The van der Waals surface area contributed by atoms with Crippen molar-refractivity contribution in [1.29, 1.82) is 0 Å². The van der Waals surface area contributed by atoms with Crippen LogP contribution in [0.25, 0.3) is 0 Å². The van der Waals surface area contributed by atoms with Crippen molar-refractivity contribution in [2.75, 3.05) is 49.8 Å². The van der Waals surface area contributed by atoms with Crippen LogP contribution in [0, 0.1) is 11.6 Å². The van der Waals surface area contributed by atoms with Crippen LogP contribution in [0.1, 0.15) is 6.92 Å². The number of amides is 1. The third kappa shape index (κ3) is 4.21. The first-order valence-electron chi connectivity index (χ1n) is 7.66. The minimum Gasteiger partial charge on any atom is -0.339 e. The van der Waals surface area contributed by atoms with Gasteiger partial charge in [0.2, 0.25) is 15.9 Å². The summed E-state index contributed by atoms with van der Waals surface area (Å²) in [4.78, 5) is 16.1. The van der Waals surface area contributed by atoms with Crippen LogP contribution in [-0.4, -0.2) is 69.6 Å². The van der Waals surface area contributed by atoms with Gasteiger partial charge in [-0.3, -0.25) is 9.10 Å². The zero-order valence-corrected chi connectivity index (χ0v) is 14.5. The summed E-state index contributed by atoms with van der Waals surface area (Å²) in [6.45, 7) is 4.57. The molecule has 0 bridgehead atoms. The zero-order valence-electron chi connectivity index (χ0n) is 13.7. The second kappa shape index (κ2) is 7.43. The Morgan fingerprint density at radius 2 is 1.71 bits per heavy atom. The van der Waals surface area contributed by atoms with E-state index >= 15 is 0 Å². The Labute approximate surface area is 140 Å². The number of carbonyl (C=O) groups excluding carboxylic acids is 1. The fraction of sp³-hybridized carbons (Fsp3) is 0.533. The van der Waals surface area contributed by atoms with Crippen LogP contribution in [0.2, 0.25) is 0 Å². The number of carbonyl (C=O) groups is 1. The lowest BCUT2D eigenvalue weighted by molar-refractivity contribution is -0.131. The van der Waals surface area contributed by atoms with E-state index in [0.29, 0.717) is 30.5 Å². The highest BCUT2D eigenvalue weighted by atomic mass is 32.2. The number of para-hydroxylation sites is 1. The van der Waals surface area contributed by atoms with Gasteiger partial charge in [0, 0.05) is 26.2 Å². The van der Waals surface area contributed by atoms with Crippen molar-refractivity contribution in [3.8, 4) is 0 Å². The van der Waals surface area contributed by atoms with Gasteiger partial charge in [-0.25, -0.2) is 17.2 Å². The first kappa shape index (κ1) is 18.6. The van der Waals surface area contributed by atoms with E-state index in [1.54, 1.807) is 0 Å². The molecule has 0 aromatic heterocycles. The second-order valence-electron chi connectivity index (χ2n) is 5.65. The molecule has 0 unspecified atom stereocenters. The summed E-state index contributed by atoms with van der Waals surface area (Å²) in [5, 5.41) is 0. The molecule has 1 aromatic rings. The number of halogens is 2. The molecular formula is C15H21F2N3O3S. The molecule has 0 N–H and O–H groups in total. The third-order valence-corrected chi connectivity index (χ3v) is 5.15. The van der Waals surface area contributed by atoms with Crippen LogP contribution in [0.4, 0.5) is 14.5 Å². The first-order chi connectivity index (χ1) is 11.2. The number of nitrogens with zero attached hydrogens (tertiary/aromatic N) is 3. The molecule has 1 aliphatic rings. The highest BCUT2D eigenvalue weighted by Crippen LogP contribution is 2.25. The maximum absolute atomic E-state index is 13.9. The van der Waals surface area contributed by atoms with Crippen LogP contribution in [0.3, 0.4) is 0 Å². The average Bonchev–Trinajstić information content (AvgIpc) is 2.52. The number of benzene rings is 1. The van der Waals surface area contributed by atoms with Crippen molar-refractivity contribution in [2.24, 2.45) is 0 Å². The molecule has 1 aliphatic heterocycles. The van der Waals surface area contributed by atoms with Gasteiger partial charge in [0.1, 0.15) is 12.2 Å². The number of sulfonamides is 1. The highest BCUT2D eigenvalue weighted by Gasteiger charge is 2.29. The molecule has 0 atom stereocenters.